The monoisotopic (exact) mass is 595 g/mol. The van der Waals surface area contributed by atoms with Gasteiger partial charge in [0.1, 0.15) is 29.8 Å². The first kappa shape index (κ1) is 30.1. The van der Waals surface area contributed by atoms with Crippen LogP contribution in [0.5, 0.6) is 5.75 Å². The first-order valence-corrected chi connectivity index (χ1v) is 13.9. The molecule has 1 amide bonds. The van der Waals surface area contributed by atoms with Crippen LogP contribution in [0.1, 0.15) is 18.3 Å². The number of hydrogen-bond donors (Lipinski definition) is 1. The standard InChI is InChI=1S/C30H35F2N7O4/c1-18-16-38(17-24(33)29(18)37(2)30(40)42-4)26-7-8-34-14-19(26)11-27-35-15-20-5-6-25(36-39(20)27)28-22(31)12-21(13-23(28)32)43-10-9-41-3/h5-8,12-15,18,24,29H,9-11,16-17,33H2,1-4H3/t18-,24+,29-/m0/s1. The fraction of sp³-hybridized carbons (Fsp3) is 0.400. The number of carbonyl (C=O) groups is 1. The van der Waals surface area contributed by atoms with Gasteiger partial charge in [-0.15, -0.1) is 0 Å². The number of likely N-dealkylation sites (N-methyl/N-ethyl adjacent to an activating group) is 1. The van der Waals surface area contributed by atoms with Gasteiger partial charge in [0.2, 0.25) is 0 Å². The Hall–Kier alpha value is -4.36. The van der Waals surface area contributed by atoms with Gasteiger partial charge in [-0.25, -0.2) is 23.1 Å². The van der Waals surface area contributed by atoms with Crippen LogP contribution in [0.4, 0.5) is 19.3 Å². The van der Waals surface area contributed by atoms with Gasteiger partial charge >= 0.3 is 6.09 Å². The van der Waals surface area contributed by atoms with Crippen LogP contribution in [0.25, 0.3) is 16.8 Å². The number of amides is 1. The predicted octanol–water partition coefficient (Wildman–Crippen LogP) is 3.54. The average Bonchev–Trinajstić information content (AvgIpc) is 3.38. The number of hydrogen-bond acceptors (Lipinski definition) is 9. The van der Waals surface area contributed by atoms with Crippen LogP contribution in [-0.4, -0.2) is 90.2 Å². The quantitative estimate of drug-likeness (QED) is 0.290. The summed E-state index contributed by atoms with van der Waals surface area (Å²) in [5.74, 6) is -0.875. The molecule has 0 aliphatic carbocycles. The molecule has 0 radical (unpaired) electrons. The molecule has 1 aliphatic heterocycles. The number of rotatable bonds is 9. The second-order valence-corrected chi connectivity index (χ2v) is 10.6. The number of carbonyl (C=O) groups excluding carboxylic acids is 1. The summed E-state index contributed by atoms with van der Waals surface area (Å²) >= 11 is 0. The molecule has 1 fully saturated rings. The summed E-state index contributed by atoms with van der Waals surface area (Å²) in [6.45, 7) is 3.69. The summed E-state index contributed by atoms with van der Waals surface area (Å²) in [5.41, 5.74) is 8.93. The molecule has 1 aromatic carbocycles. The number of anilines is 1. The van der Waals surface area contributed by atoms with E-state index in [4.69, 9.17) is 19.9 Å². The van der Waals surface area contributed by atoms with Crippen LogP contribution < -0.4 is 15.4 Å². The van der Waals surface area contributed by atoms with E-state index in [1.165, 1.54) is 14.2 Å². The third kappa shape index (κ3) is 6.22. The number of imidazole rings is 1. The first-order chi connectivity index (χ1) is 20.7. The Balaban J connectivity index is 1.41. The number of nitrogens with two attached hydrogens (primary N) is 1. The van der Waals surface area contributed by atoms with Crippen LogP contribution in [0.2, 0.25) is 0 Å². The average molecular weight is 596 g/mol. The van der Waals surface area contributed by atoms with Crippen molar-refractivity contribution >= 4 is 17.3 Å². The largest absolute Gasteiger partial charge is 0.491 e. The molecule has 2 N–H and O–H groups in total. The number of nitrogens with zero attached hydrogens (tertiary/aromatic N) is 6. The van der Waals surface area contributed by atoms with Gasteiger partial charge in [0, 0.05) is 75.5 Å². The number of ether oxygens (including phenoxy) is 3. The summed E-state index contributed by atoms with van der Waals surface area (Å²) in [5, 5.41) is 4.56. The zero-order chi connectivity index (χ0) is 30.7. The molecule has 1 aliphatic rings. The summed E-state index contributed by atoms with van der Waals surface area (Å²) in [6.07, 6.45) is 5.08. The summed E-state index contributed by atoms with van der Waals surface area (Å²) in [7, 11) is 4.57. The highest BCUT2D eigenvalue weighted by Gasteiger charge is 2.38. The summed E-state index contributed by atoms with van der Waals surface area (Å²) in [4.78, 5) is 24.8. The Morgan fingerprint density at radius 1 is 1.12 bits per heavy atom. The van der Waals surface area contributed by atoms with Crippen molar-refractivity contribution < 1.29 is 27.8 Å². The van der Waals surface area contributed by atoms with Crippen LogP contribution in [0, 0.1) is 17.6 Å². The van der Waals surface area contributed by atoms with E-state index in [2.05, 4.69) is 26.9 Å². The maximum Gasteiger partial charge on any atom is 0.409 e. The summed E-state index contributed by atoms with van der Waals surface area (Å²) < 4.78 is 46.9. The van der Waals surface area contributed by atoms with Gasteiger partial charge in [-0.3, -0.25) is 4.98 Å². The molecule has 0 unspecified atom stereocenters. The number of methoxy groups -OCH3 is 2. The van der Waals surface area contributed by atoms with Crippen LogP contribution in [0.15, 0.2) is 48.9 Å². The van der Waals surface area contributed by atoms with Crippen LogP contribution in [0.3, 0.4) is 0 Å². The second-order valence-electron chi connectivity index (χ2n) is 10.6. The number of halogens is 2. The normalized spacial score (nSPS) is 18.6. The van der Waals surface area contributed by atoms with Gasteiger partial charge in [0.25, 0.3) is 0 Å². The highest BCUT2D eigenvalue weighted by atomic mass is 19.1. The molecular weight excluding hydrogens is 560 g/mol. The maximum absolute atomic E-state index is 15.1. The Morgan fingerprint density at radius 3 is 2.58 bits per heavy atom. The number of fused-ring (bicyclic) bond motifs is 1. The van der Waals surface area contributed by atoms with E-state index in [0.29, 0.717) is 37.5 Å². The molecule has 3 atom stereocenters. The van der Waals surface area contributed by atoms with Crippen molar-refractivity contribution in [2.45, 2.75) is 25.4 Å². The minimum absolute atomic E-state index is 0.0619. The fourth-order valence-electron chi connectivity index (χ4n) is 5.79. The topological polar surface area (TPSA) is 120 Å². The number of piperidine rings is 1. The summed E-state index contributed by atoms with van der Waals surface area (Å²) in [6, 6.07) is 6.97. The molecule has 0 bridgehead atoms. The molecule has 13 heteroatoms. The fourth-order valence-corrected chi connectivity index (χ4v) is 5.79. The van der Waals surface area contributed by atoms with E-state index >= 15 is 8.78 Å². The minimum atomic E-state index is -0.790. The van der Waals surface area contributed by atoms with Crippen molar-refractivity contribution in [2.75, 3.05) is 52.5 Å². The molecule has 1 saturated heterocycles. The highest BCUT2D eigenvalue weighted by Crippen LogP contribution is 2.31. The van der Waals surface area contributed by atoms with Crippen molar-refractivity contribution in [2.24, 2.45) is 11.7 Å². The molecule has 228 valence electrons. The van der Waals surface area contributed by atoms with Gasteiger partial charge in [0.05, 0.1) is 42.7 Å². The van der Waals surface area contributed by atoms with E-state index in [0.717, 1.165) is 23.4 Å². The van der Waals surface area contributed by atoms with Gasteiger partial charge in [-0.1, -0.05) is 6.92 Å². The first-order valence-electron chi connectivity index (χ1n) is 13.9. The van der Waals surface area contributed by atoms with Crippen molar-refractivity contribution in [3.8, 4) is 17.0 Å². The minimum Gasteiger partial charge on any atom is -0.491 e. The Morgan fingerprint density at radius 2 is 1.88 bits per heavy atom. The number of pyridine rings is 1. The van der Waals surface area contributed by atoms with E-state index in [1.54, 1.807) is 47.2 Å². The molecule has 5 rings (SSSR count). The van der Waals surface area contributed by atoms with Crippen LogP contribution >= 0.6 is 0 Å². The van der Waals surface area contributed by atoms with Crippen molar-refractivity contribution in [1.82, 2.24) is 24.5 Å². The second kappa shape index (κ2) is 12.9. The Labute approximate surface area is 248 Å². The molecule has 0 saturated carbocycles. The maximum atomic E-state index is 15.1. The van der Waals surface area contributed by atoms with Crippen molar-refractivity contribution in [3.63, 3.8) is 0 Å². The Bertz CT molecular complexity index is 1570. The molecule has 3 aromatic heterocycles. The zero-order valence-corrected chi connectivity index (χ0v) is 24.5. The van der Waals surface area contributed by atoms with E-state index in [1.807, 2.05) is 6.07 Å². The highest BCUT2D eigenvalue weighted by molar-refractivity contribution is 5.68. The third-order valence-electron chi connectivity index (χ3n) is 7.72. The van der Waals surface area contributed by atoms with Crippen molar-refractivity contribution in [1.29, 1.82) is 0 Å². The lowest BCUT2D eigenvalue weighted by Crippen LogP contribution is -2.62. The van der Waals surface area contributed by atoms with E-state index in [-0.39, 0.29) is 41.6 Å². The van der Waals surface area contributed by atoms with Crippen molar-refractivity contribution in [3.05, 3.63) is 71.9 Å². The van der Waals surface area contributed by atoms with Gasteiger partial charge in [-0.05, 0) is 24.1 Å². The SMILES string of the molecule is COCCOc1cc(F)c(-c2ccc3cnc(Cc4cnccc4N4C[C@@H](N)[C@@H](N(C)C(=O)OC)[C@@H](C)C4)n3n2)c(F)c1. The molecule has 43 heavy (non-hydrogen) atoms. The van der Waals surface area contributed by atoms with Gasteiger partial charge < -0.3 is 29.7 Å². The lowest BCUT2D eigenvalue weighted by atomic mass is 9.88. The molecule has 4 aromatic rings. The van der Waals surface area contributed by atoms with Gasteiger partial charge in [0.15, 0.2) is 0 Å². The van der Waals surface area contributed by atoms with Crippen LogP contribution in [-0.2, 0) is 15.9 Å². The number of aromatic nitrogens is 4. The smallest absolute Gasteiger partial charge is 0.409 e. The Kier molecular flexibility index (Phi) is 9.02. The van der Waals surface area contributed by atoms with E-state index < -0.39 is 17.7 Å². The molecule has 11 nitrogen and oxygen atoms in total. The van der Waals surface area contributed by atoms with Gasteiger partial charge in [-0.2, -0.15) is 5.10 Å². The lowest BCUT2D eigenvalue weighted by molar-refractivity contribution is 0.0905. The lowest BCUT2D eigenvalue weighted by Gasteiger charge is -2.45. The third-order valence-corrected chi connectivity index (χ3v) is 7.72. The predicted molar refractivity (Wildman–Crippen MR) is 156 cm³/mol. The molecule has 0 spiro atoms. The number of benzene rings is 1. The molecular formula is C30H35F2N7O4. The van der Waals surface area contributed by atoms with E-state index in [9.17, 15) is 4.79 Å². The molecule has 4 heterocycles. The zero-order valence-electron chi connectivity index (χ0n) is 24.5.